The average Bonchev–Trinajstić information content (AvgIpc) is 2.66. The molecule has 132 valence electrons. The van der Waals surface area contributed by atoms with E-state index in [0.29, 0.717) is 6.04 Å². The summed E-state index contributed by atoms with van der Waals surface area (Å²) in [5.74, 6) is 0. The summed E-state index contributed by atoms with van der Waals surface area (Å²) in [6.07, 6.45) is 0.274. The average molecular weight is 362 g/mol. The summed E-state index contributed by atoms with van der Waals surface area (Å²) in [7, 11) is 0. The Kier molecular flexibility index (Phi) is 5.40. The van der Waals surface area contributed by atoms with E-state index in [2.05, 4.69) is 96.8 Å². The van der Waals surface area contributed by atoms with Gasteiger partial charge in [0.1, 0.15) is 0 Å². The van der Waals surface area contributed by atoms with E-state index in [4.69, 9.17) is 4.18 Å². The van der Waals surface area contributed by atoms with Crippen molar-refractivity contribution in [2.45, 2.75) is 24.0 Å². The lowest BCUT2D eigenvalue weighted by Crippen LogP contribution is -2.52. The lowest BCUT2D eigenvalue weighted by molar-refractivity contribution is 0.0120. The Morgan fingerprint density at radius 2 is 1.35 bits per heavy atom. The van der Waals surface area contributed by atoms with Crippen LogP contribution >= 0.6 is 12.0 Å². The van der Waals surface area contributed by atoms with Crippen LogP contribution in [0.3, 0.4) is 0 Å². The fraction of sp³-hybridized carbons (Fsp3) is 0.217. The van der Waals surface area contributed by atoms with E-state index in [0.717, 1.165) is 18.0 Å². The third-order valence-electron chi connectivity index (χ3n) is 4.77. The van der Waals surface area contributed by atoms with Gasteiger partial charge in [-0.25, -0.2) is 0 Å². The lowest BCUT2D eigenvalue weighted by Gasteiger charge is -2.43. The maximum absolute atomic E-state index is 6.03. The van der Waals surface area contributed by atoms with Gasteiger partial charge >= 0.3 is 0 Å². The number of rotatable bonds is 6. The predicted molar refractivity (Wildman–Crippen MR) is 108 cm³/mol. The molecule has 3 heteroatoms. The van der Waals surface area contributed by atoms with Crippen molar-refractivity contribution in [3.05, 3.63) is 102 Å². The molecule has 0 aliphatic carbocycles. The molecule has 0 atom stereocenters. The summed E-state index contributed by atoms with van der Waals surface area (Å²) < 4.78 is 6.03. The van der Waals surface area contributed by atoms with Gasteiger partial charge in [0.25, 0.3) is 0 Å². The Morgan fingerprint density at radius 3 is 1.88 bits per heavy atom. The highest BCUT2D eigenvalue weighted by Gasteiger charge is 2.35. The first kappa shape index (κ1) is 17.3. The summed E-state index contributed by atoms with van der Waals surface area (Å²) in [5, 5.41) is 0. The highest BCUT2D eigenvalue weighted by molar-refractivity contribution is 7.94. The van der Waals surface area contributed by atoms with Crippen LogP contribution in [0.5, 0.6) is 0 Å². The maximum atomic E-state index is 6.03. The summed E-state index contributed by atoms with van der Waals surface area (Å²) in [5.41, 5.74) is 3.95. The molecule has 0 radical (unpaired) electrons. The smallest absolute Gasteiger partial charge is 0.0980 e. The van der Waals surface area contributed by atoms with E-state index in [9.17, 15) is 0 Å². The molecule has 1 aliphatic heterocycles. The minimum atomic E-state index is 0.274. The predicted octanol–water partition coefficient (Wildman–Crippen LogP) is 5.49. The molecule has 1 heterocycles. The van der Waals surface area contributed by atoms with E-state index in [1.165, 1.54) is 28.7 Å². The molecule has 0 spiro atoms. The Labute approximate surface area is 160 Å². The van der Waals surface area contributed by atoms with E-state index in [1.54, 1.807) is 0 Å². The minimum absolute atomic E-state index is 0.274. The zero-order valence-corrected chi connectivity index (χ0v) is 15.7. The van der Waals surface area contributed by atoms with Crippen LogP contribution in [0.25, 0.3) is 0 Å². The van der Waals surface area contributed by atoms with Gasteiger partial charge in [0, 0.05) is 30.0 Å². The quantitative estimate of drug-likeness (QED) is 0.539. The largest absolute Gasteiger partial charge is 0.304 e. The Balaban J connectivity index is 1.40. The number of hydrogen-bond donors (Lipinski definition) is 0. The van der Waals surface area contributed by atoms with Crippen LogP contribution in [0.2, 0.25) is 0 Å². The van der Waals surface area contributed by atoms with Crippen molar-refractivity contribution in [3.63, 3.8) is 0 Å². The van der Waals surface area contributed by atoms with Crippen molar-refractivity contribution in [3.8, 4) is 0 Å². The van der Waals surface area contributed by atoms with Crippen molar-refractivity contribution in [2.75, 3.05) is 13.1 Å². The van der Waals surface area contributed by atoms with Crippen molar-refractivity contribution in [1.82, 2.24) is 4.90 Å². The molecule has 2 nitrogen and oxygen atoms in total. The minimum Gasteiger partial charge on any atom is -0.304 e. The van der Waals surface area contributed by atoms with E-state index in [1.807, 2.05) is 0 Å². The number of likely N-dealkylation sites (tertiary alicyclic amines) is 1. The fourth-order valence-electron chi connectivity index (χ4n) is 3.34. The second-order valence-corrected chi connectivity index (χ2v) is 7.62. The molecule has 3 aromatic rings. The summed E-state index contributed by atoms with van der Waals surface area (Å²) in [6.45, 7) is 4.01. The number of aryl methyl sites for hydroxylation is 1. The van der Waals surface area contributed by atoms with Crippen LogP contribution in [0.4, 0.5) is 0 Å². The van der Waals surface area contributed by atoms with E-state index < -0.39 is 0 Å². The Morgan fingerprint density at radius 1 is 0.808 bits per heavy atom. The molecule has 0 N–H and O–H groups in total. The second-order valence-electron chi connectivity index (χ2n) is 6.79. The van der Waals surface area contributed by atoms with Crippen LogP contribution in [0.1, 0.15) is 22.7 Å². The first-order valence-electron chi connectivity index (χ1n) is 9.03. The van der Waals surface area contributed by atoms with Crippen LogP contribution in [-0.2, 0) is 4.18 Å². The molecule has 0 amide bonds. The zero-order valence-electron chi connectivity index (χ0n) is 14.9. The summed E-state index contributed by atoms with van der Waals surface area (Å²) in [6, 6.07) is 30.3. The molecule has 26 heavy (non-hydrogen) atoms. The van der Waals surface area contributed by atoms with Gasteiger partial charge in [-0.2, -0.15) is 0 Å². The van der Waals surface area contributed by atoms with E-state index in [-0.39, 0.29) is 6.10 Å². The summed E-state index contributed by atoms with van der Waals surface area (Å²) in [4.78, 5) is 3.65. The van der Waals surface area contributed by atoms with Gasteiger partial charge in [-0.3, -0.25) is 4.90 Å². The van der Waals surface area contributed by atoms with Gasteiger partial charge in [0.2, 0.25) is 0 Å². The Bertz CT molecular complexity index is 774. The van der Waals surface area contributed by atoms with E-state index >= 15 is 0 Å². The highest BCUT2D eigenvalue weighted by Crippen LogP contribution is 2.34. The molecular formula is C23H23NOS. The molecule has 0 saturated carbocycles. The molecule has 1 aliphatic rings. The van der Waals surface area contributed by atoms with Crippen molar-refractivity contribution >= 4 is 12.0 Å². The van der Waals surface area contributed by atoms with Gasteiger partial charge in [-0.15, -0.1) is 0 Å². The first-order chi connectivity index (χ1) is 12.8. The number of hydrogen-bond acceptors (Lipinski definition) is 3. The molecule has 4 rings (SSSR count). The van der Waals surface area contributed by atoms with Gasteiger partial charge in [-0.1, -0.05) is 78.4 Å². The number of nitrogens with zero attached hydrogens (tertiary/aromatic N) is 1. The fourth-order valence-corrected chi connectivity index (χ4v) is 3.96. The maximum Gasteiger partial charge on any atom is 0.0980 e. The third-order valence-corrected chi connectivity index (χ3v) is 5.61. The molecule has 3 aromatic carbocycles. The SMILES string of the molecule is Cc1ccc(SOC2CN(C(c3ccccc3)c3ccccc3)C2)cc1. The second kappa shape index (κ2) is 8.09. The first-order valence-corrected chi connectivity index (χ1v) is 9.78. The van der Waals surface area contributed by atoms with Gasteiger partial charge < -0.3 is 4.18 Å². The van der Waals surface area contributed by atoms with Crippen LogP contribution in [0.15, 0.2) is 89.8 Å². The summed E-state index contributed by atoms with van der Waals surface area (Å²) >= 11 is 1.49. The zero-order chi connectivity index (χ0) is 17.8. The highest BCUT2D eigenvalue weighted by atomic mass is 32.2. The van der Waals surface area contributed by atoms with Gasteiger partial charge in [-0.05, 0) is 30.2 Å². The van der Waals surface area contributed by atoms with Crippen LogP contribution in [0, 0.1) is 6.92 Å². The standard InChI is InChI=1S/C23H23NOS/c1-18-12-14-22(15-13-18)26-25-21-16-24(17-21)23(19-8-4-2-5-9-19)20-10-6-3-7-11-20/h2-15,21,23H,16-17H2,1H3. The van der Waals surface area contributed by atoms with Crippen LogP contribution < -0.4 is 0 Å². The normalized spacial score (nSPS) is 15.2. The molecule has 0 bridgehead atoms. The van der Waals surface area contributed by atoms with Crippen molar-refractivity contribution in [1.29, 1.82) is 0 Å². The van der Waals surface area contributed by atoms with Gasteiger partial charge in [0.15, 0.2) is 0 Å². The topological polar surface area (TPSA) is 12.5 Å². The molecule has 1 saturated heterocycles. The van der Waals surface area contributed by atoms with Crippen LogP contribution in [-0.4, -0.2) is 24.1 Å². The lowest BCUT2D eigenvalue weighted by atomic mass is 9.94. The molecular weight excluding hydrogens is 338 g/mol. The Hall–Kier alpha value is -2.07. The third kappa shape index (κ3) is 4.01. The monoisotopic (exact) mass is 361 g/mol. The van der Waals surface area contributed by atoms with Gasteiger partial charge in [0.05, 0.1) is 12.1 Å². The van der Waals surface area contributed by atoms with Crippen molar-refractivity contribution < 1.29 is 4.18 Å². The molecule has 0 unspecified atom stereocenters. The number of benzene rings is 3. The molecule has 1 fully saturated rings. The van der Waals surface area contributed by atoms with Crippen molar-refractivity contribution in [2.24, 2.45) is 0 Å². The molecule has 0 aromatic heterocycles.